The molecule has 1 aromatic carbocycles. The summed E-state index contributed by atoms with van der Waals surface area (Å²) in [4.78, 5) is 18.7. The Bertz CT molecular complexity index is 1230. The fourth-order valence-corrected chi connectivity index (χ4v) is 3.91. The molecule has 2 bridgehead atoms. The van der Waals surface area contributed by atoms with Crippen molar-refractivity contribution in [3.63, 3.8) is 0 Å². The first kappa shape index (κ1) is 21.4. The van der Waals surface area contributed by atoms with Gasteiger partial charge in [0.1, 0.15) is 29.8 Å². The van der Waals surface area contributed by atoms with E-state index in [0.717, 1.165) is 0 Å². The predicted molar refractivity (Wildman–Crippen MR) is 112 cm³/mol. The molecule has 1 amide bonds. The minimum atomic E-state index is -2.75. The van der Waals surface area contributed by atoms with E-state index in [1.54, 1.807) is 0 Å². The third-order valence-corrected chi connectivity index (χ3v) is 5.77. The first-order valence-electron chi connectivity index (χ1n) is 10.5. The van der Waals surface area contributed by atoms with Crippen molar-refractivity contribution in [2.24, 2.45) is 5.41 Å². The highest BCUT2D eigenvalue weighted by molar-refractivity contribution is 5.99. The quantitative estimate of drug-likeness (QED) is 0.600. The Hall–Kier alpha value is -3.50. The second-order valence-corrected chi connectivity index (χ2v) is 8.98. The van der Waals surface area contributed by atoms with E-state index in [4.69, 9.17) is 9.47 Å². The van der Waals surface area contributed by atoms with E-state index in [-0.39, 0.29) is 42.5 Å². The smallest absolute Gasteiger partial charge is 0.261 e. The number of nitrogens with one attached hydrogen (secondary N) is 1. The van der Waals surface area contributed by atoms with Gasteiger partial charge in [0, 0.05) is 24.1 Å². The molecule has 0 aliphatic carbocycles. The van der Waals surface area contributed by atoms with Crippen LogP contribution < -0.4 is 19.7 Å². The number of carbonyl (C=O) groups excluding carboxylic acids is 1. The summed E-state index contributed by atoms with van der Waals surface area (Å²) in [6.45, 7) is 3.97. The van der Waals surface area contributed by atoms with Crippen LogP contribution in [0.25, 0.3) is 5.65 Å². The van der Waals surface area contributed by atoms with Gasteiger partial charge in [0.05, 0.1) is 19.0 Å². The van der Waals surface area contributed by atoms with E-state index >= 15 is 0 Å². The molecule has 33 heavy (non-hydrogen) atoms. The van der Waals surface area contributed by atoms with Gasteiger partial charge in [0.25, 0.3) is 12.3 Å². The van der Waals surface area contributed by atoms with Crippen LogP contribution in [0, 0.1) is 11.2 Å². The molecule has 1 atom stereocenters. The Morgan fingerprint density at radius 1 is 1.24 bits per heavy atom. The van der Waals surface area contributed by atoms with Crippen LogP contribution in [0.3, 0.4) is 0 Å². The van der Waals surface area contributed by atoms with Crippen LogP contribution in [0.1, 0.15) is 29.8 Å². The van der Waals surface area contributed by atoms with Crippen molar-refractivity contribution in [1.29, 1.82) is 0 Å². The van der Waals surface area contributed by atoms with E-state index in [1.165, 1.54) is 40.0 Å². The minimum absolute atomic E-state index is 0.0856. The van der Waals surface area contributed by atoms with E-state index in [0.29, 0.717) is 17.9 Å². The average Bonchev–Trinajstić information content (AvgIpc) is 3.18. The summed E-state index contributed by atoms with van der Waals surface area (Å²) in [5.41, 5.74) is 0.350. The number of amides is 1. The van der Waals surface area contributed by atoms with Crippen molar-refractivity contribution < 1.29 is 27.4 Å². The van der Waals surface area contributed by atoms with Gasteiger partial charge >= 0.3 is 0 Å². The molecule has 0 unspecified atom stereocenters. The highest BCUT2D eigenvalue weighted by atomic mass is 19.3. The summed E-state index contributed by atoms with van der Waals surface area (Å²) >= 11 is 0. The van der Waals surface area contributed by atoms with E-state index in [9.17, 15) is 18.0 Å². The molecule has 174 valence electrons. The highest BCUT2D eigenvalue weighted by Crippen LogP contribution is 2.37. The molecule has 0 saturated carbocycles. The number of aromatic nitrogens is 3. The van der Waals surface area contributed by atoms with Gasteiger partial charge in [-0.2, -0.15) is 5.10 Å². The van der Waals surface area contributed by atoms with Gasteiger partial charge in [0.2, 0.25) is 0 Å². The molecule has 2 aliphatic rings. The van der Waals surface area contributed by atoms with Gasteiger partial charge in [-0.3, -0.25) is 4.79 Å². The summed E-state index contributed by atoms with van der Waals surface area (Å²) in [5.74, 6) is -0.157. The SMILES string of the molecule is CC1(C)CNC(=O)c2cnn3cc4c(nc23)N(Cc2cc(F)ccc2OC1)[C@H](C(F)F)CO4. The van der Waals surface area contributed by atoms with Crippen LogP contribution in [0.2, 0.25) is 0 Å². The lowest BCUT2D eigenvalue weighted by molar-refractivity contribution is 0.0764. The summed E-state index contributed by atoms with van der Waals surface area (Å²) in [6, 6.07) is 2.69. The third-order valence-electron chi connectivity index (χ3n) is 5.77. The lowest BCUT2D eigenvalue weighted by Crippen LogP contribution is -2.48. The third kappa shape index (κ3) is 3.91. The molecule has 0 saturated heterocycles. The fraction of sp³-hybridized carbons (Fsp3) is 0.409. The maximum Gasteiger partial charge on any atom is 0.261 e. The number of alkyl halides is 2. The Morgan fingerprint density at radius 2 is 2.06 bits per heavy atom. The Balaban J connectivity index is 1.70. The molecular weight excluding hydrogens is 439 g/mol. The molecule has 1 N–H and O–H groups in total. The minimum Gasteiger partial charge on any atom is -0.493 e. The number of hydrogen-bond donors (Lipinski definition) is 1. The lowest BCUT2D eigenvalue weighted by atomic mass is 9.94. The summed E-state index contributed by atoms with van der Waals surface area (Å²) in [7, 11) is 0. The Morgan fingerprint density at radius 3 is 2.85 bits per heavy atom. The Kier molecular flexibility index (Phi) is 5.06. The summed E-state index contributed by atoms with van der Waals surface area (Å²) < 4.78 is 55.0. The molecule has 2 aromatic heterocycles. The number of fused-ring (bicyclic) bond motifs is 1. The van der Waals surface area contributed by atoms with E-state index < -0.39 is 29.6 Å². The molecule has 2 aliphatic heterocycles. The summed E-state index contributed by atoms with van der Waals surface area (Å²) in [5, 5.41) is 7.03. The number of anilines is 1. The standard InChI is InChI=1S/C22H22F3N5O3/c1-22(2)10-26-21(31)14-6-27-30-8-17-20(28-19(14)30)29(15(9-32-17)18(24)25)7-12-5-13(23)3-4-16(12)33-11-22/h3-6,8,15,18H,7,9-11H2,1-2H3,(H,26,31)/t15-/m0/s1. The van der Waals surface area contributed by atoms with Crippen molar-refractivity contribution in [2.75, 3.05) is 24.7 Å². The lowest BCUT2D eigenvalue weighted by Gasteiger charge is -2.37. The largest absolute Gasteiger partial charge is 0.493 e. The molecule has 4 heterocycles. The maximum atomic E-state index is 14.1. The van der Waals surface area contributed by atoms with Crippen LogP contribution in [0.4, 0.5) is 19.0 Å². The molecular formula is C22H22F3N5O3. The van der Waals surface area contributed by atoms with Gasteiger partial charge in [-0.15, -0.1) is 0 Å². The normalized spacial score (nSPS) is 20.1. The van der Waals surface area contributed by atoms with Crippen LogP contribution >= 0.6 is 0 Å². The van der Waals surface area contributed by atoms with Crippen LogP contribution in [-0.4, -0.2) is 52.7 Å². The van der Waals surface area contributed by atoms with Crippen molar-refractivity contribution in [3.05, 3.63) is 47.5 Å². The molecule has 0 fully saturated rings. The number of halogens is 3. The maximum absolute atomic E-state index is 14.1. The molecule has 0 radical (unpaired) electrons. The first-order chi connectivity index (χ1) is 15.7. The van der Waals surface area contributed by atoms with Gasteiger partial charge in [0.15, 0.2) is 17.2 Å². The molecule has 8 nitrogen and oxygen atoms in total. The van der Waals surface area contributed by atoms with Gasteiger partial charge in [-0.05, 0) is 18.2 Å². The van der Waals surface area contributed by atoms with Crippen LogP contribution in [-0.2, 0) is 6.54 Å². The van der Waals surface area contributed by atoms with Crippen LogP contribution in [0.15, 0.2) is 30.6 Å². The predicted octanol–water partition coefficient (Wildman–Crippen LogP) is 3.05. The zero-order valence-corrected chi connectivity index (χ0v) is 18.0. The zero-order chi connectivity index (χ0) is 23.3. The zero-order valence-electron chi connectivity index (χ0n) is 18.0. The number of carbonyl (C=O) groups is 1. The summed E-state index contributed by atoms with van der Waals surface area (Å²) in [6.07, 6.45) is 0.125. The van der Waals surface area contributed by atoms with Crippen molar-refractivity contribution in [1.82, 2.24) is 19.9 Å². The monoisotopic (exact) mass is 461 g/mol. The van der Waals surface area contributed by atoms with Crippen molar-refractivity contribution >= 4 is 17.4 Å². The second kappa shape index (κ2) is 7.82. The first-order valence-corrected chi connectivity index (χ1v) is 10.5. The number of rotatable bonds is 1. The van der Waals surface area contributed by atoms with Crippen molar-refractivity contribution in [3.8, 4) is 11.5 Å². The fourth-order valence-electron chi connectivity index (χ4n) is 3.91. The molecule has 3 aromatic rings. The number of nitrogens with zero attached hydrogens (tertiary/aromatic N) is 4. The second-order valence-electron chi connectivity index (χ2n) is 8.98. The average molecular weight is 461 g/mol. The van der Waals surface area contributed by atoms with E-state index in [2.05, 4.69) is 15.4 Å². The van der Waals surface area contributed by atoms with Gasteiger partial charge in [-0.25, -0.2) is 22.7 Å². The van der Waals surface area contributed by atoms with Gasteiger partial charge in [-0.1, -0.05) is 13.8 Å². The molecule has 11 heteroatoms. The number of benzene rings is 1. The Labute approximate surface area is 187 Å². The number of ether oxygens (including phenoxy) is 2. The van der Waals surface area contributed by atoms with Crippen molar-refractivity contribution in [2.45, 2.75) is 32.9 Å². The topological polar surface area (TPSA) is 81.0 Å². The molecule has 5 rings (SSSR count). The molecule has 0 spiro atoms. The van der Waals surface area contributed by atoms with Crippen LogP contribution in [0.5, 0.6) is 11.5 Å². The van der Waals surface area contributed by atoms with Gasteiger partial charge < -0.3 is 19.7 Å². The number of hydrogen-bond acceptors (Lipinski definition) is 6. The van der Waals surface area contributed by atoms with E-state index in [1.807, 2.05) is 13.8 Å². The highest BCUT2D eigenvalue weighted by Gasteiger charge is 2.37.